The minimum Gasteiger partial charge on any atom is -0.480 e. The first-order valence-electron chi connectivity index (χ1n) is 11.2. The molecule has 34 heavy (non-hydrogen) atoms. The number of pyridine rings is 3. The van der Waals surface area contributed by atoms with E-state index < -0.39 is 22.8 Å². The molecule has 3 aromatic heterocycles. The molecule has 0 aliphatic carbocycles. The van der Waals surface area contributed by atoms with E-state index in [2.05, 4.69) is 26.3 Å². The topological polar surface area (TPSA) is 92.5 Å². The Labute approximate surface area is 198 Å². The number of β-amino-alcohol motifs (C(OH)–C–C–N with tert-alkyl or cyclic N) is 1. The average Bonchev–Trinajstić information content (AvgIpc) is 3.42. The Bertz CT molecular complexity index is 1340. The van der Waals surface area contributed by atoms with E-state index in [4.69, 9.17) is 4.74 Å². The highest BCUT2D eigenvalue weighted by Gasteiger charge is 2.43. The van der Waals surface area contributed by atoms with E-state index in [9.17, 15) is 18.7 Å². The van der Waals surface area contributed by atoms with Gasteiger partial charge in [0.2, 0.25) is 0 Å². The van der Waals surface area contributed by atoms with Crippen LogP contribution in [0.2, 0.25) is 0 Å². The zero-order valence-electron chi connectivity index (χ0n) is 18.3. The fourth-order valence-corrected chi connectivity index (χ4v) is 5.99. The number of thioether (sulfide) groups is 1. The molecule has 1 fully saturated rings. The van der Waals surface area contributed by atoms with Crippen LogP contribution in [0.4, 0.5) is 8.78 Å². The summed E-state index contributed by atoms with van der Waals surface area (Å²) in [6, 6.07) is 3.35. The number of fused-ring (bicyclic) bond motifs is 1. The number of piperidine rings is 1. The van der Waals surface area contributed by atoms with Crippen molar-refractivity contribution in [1.29, 1.82) is 0 Å². The van der Waals surface area contributed by atoms with E-state index >= 15 is 0 Å². The lowest BCUT2D eigenvalue weighted by molar-refractivity contribution is -0.0160. The number of nitrogens with zero attached hydrogens (tertiary/aromatic N) is 4. The maximum absolute atomic E-state index is 14.8. The van der Waals surface area contributed by atoms with Gasteiger partial charge in [0.15, 0.2) is 11.6 Å². The lowest BCUT2D eigenvalue weighted by atomic mass is 9.93. The van der Waals surface area contributed by atoms with Crippen molar-refractivity contribution in [3.8, 4) is 5.75 Å². The molecule has 6 rings (SSSR count). The summed E-state index contributed by atoms with van der Waals surface area (Å²) < 4.78 is 35.4. The molecule has 0 saturated carbocycles. The molecule has 0 spiro atoms. The predicted octanol–water partition coefficient (Wildman–Crippen LogP) is 1.97. The van der Waals surface area contributed by atoms with Gasteiger partial charge in [-0.3, -0.25) is 19.7 Å². The highest BCUT2D eigenvalue weighted by molar-refractivity contribution is 7.99. The summed E-state index contributed by atoms with van der Waals surface area (Å²) in [5.74, 6) is -0.184. The molecule has 0 bridgehead atoms. The number of likely N-dealkylation sites (tertiary alicyclic amines) is 1. The molecule has 8 nitrogen and oxygen atoms in total. The normalized spacial score (nSPS) is 22.3. The van der Waals surface area contributed by atoms with Crippen molar-refractivity contribution in [2.75, 3.05) is 25.6 Å². The van der Waals surface area contributed by atoms with Crippen LogP contribution in [0.3, 0.4) is 0 Å². The smallest absolute Gasteiger partial charge is 0.287 e. The van der Waals surface area contributed by atoms with Gasteiger partial charge in [-0.2, -0.15) is 0 Å². The molecule has 3 aliphatic rings. The highest BCUT2D eigenvalue weighted by atomic mass is 32.2. The van der Waals surface area contributed by atoms with Crippen molar-refractivity contribution in [3.05, 3.63) is 57.8 Å². The maximum Gasteiger partial charge on any atom is 0.287 e. The summed E-state index contributed by atoms with van der Waals surface area (Å²) in [5.41, 5.74) is -1.16. The molecule has 3 aromatic rings. The second-order valence-electron chi connectivity index (χ2n) is 9.09. The molecule has 1 atom stereocenters. The standard InChI is InChI=1S/C23H23F2N5O3S/c24-15-6-17-21-20(16(25)8-28-17)23(32,11-30(21)22(15)31)10-29-3-1-13(2-4-29)26-7-14-5-19-18(9-27-14)33-12-34-19/h5-6,8-9,13,26,32H,1-4,7,10-12H2/t23-/m0/s1. The molecule has 0 aromatic carbocycles. The Morgan fingerprint density at radius 3 is 2.85 bits per heavy atom. The number of rotatable bonds is 5. The Balaban J connectivity index is 1.12. The molecule has 6 heterocycles. The van der Waals surface area contributed by atoms with Crippen molar-refractivity contribution in [2.45, 2.75) is 42.5 Å². The first kappa shape index (κ1) is 21.9. The summed E-state index contributed by atoms with van der Waals surface area (Å²) in [5, 5.41) is 15.0. The molecular weight excluding hydrogens is 464 g/mol. The van der Waals surface area contributed by atoms with Gasteiger partial charge in [0.25, 0.3) is 5.56 Å². The Morgan fingerprint density at radius 1 is 1.21 bits per heavy atom. The van der Waals surface area contributed by atoms with Gasteiger partial charge in [0.1, 0.15) is 17.4 Å². The molecular formula is C23H23F2N5O3S. The number of ether oxygens (including phenoxy) is 1. The van der Waals surface area contributed by atoms with Gasteiger partial charge in [0, 0.05) is 25.2 Å². The van der Waals surface area contributed by atoms with E-state index in [1.54, 1.807) is 18.0 Å². The quantitative estimate of drug-likeness (QED) is 0.565. The van der Waals surface area contributed by atoms with E-state index in [1.807, 2.05) is 0 Å². The number of aromatic nitrogens is 3. The van der Waals surface area contributed by atoms with Crippen LogP contribution in [0.15, 0.2) is 34.2 Å². The first-order chi connectivity index (χ1) is 16.4. The number of nitrogens with one attached hydrogen (secondary N) is 1. The first-order valence-corrected chi connectivity index (χ1v) is 12.2. The predicted molar refractivity (Wildman–Crippen MR) is 122 cm³/mol. The van der Waals surface area contributed by atoms with Gasteiger partial charge in [0.05, 0.1) is 46.1 Å². The maximum atomic E-state index is 14.8. The summed E-state index contributed by atoms with van der Waals surface area (Å²) in [4.78, 5) is 23.9. The minimum atomic E-state index is -1.63. The second-order valence-corrected chi connectivity index (χ2v) is 10.1. The van der Waals surface area contributed by atoms with Crippen LogP contribution < -0.4 is 15.6 Å². The van der Waals surface area contributed by atoms with Crippen LogP contribution in [-0.4, -0.2) is 56.2 Å². The monoisotopic (exact) mass is 487 g/mol. The second kappa shape index (κ2) is 8.26. The number of hydrogen-bond acceptors (Lipinski definition) is 8. The summed E-state index contributed by atoms with van der Waals surface area (Å²) in [6.45, 7) is 2.03. The molecule has 11 heteroatoms. The van der Waals surface area contributed by atoms with E-state index in [1.165, 1.54) is 0 Å². The third-order valence-corrected chi connectivity index (χ3v) is 7.73. The number of halogens is 2. The molecule has 0 radical (unpaired) electrons. The van der Waals surface area contributed by atoms with Crippen LogP contribution in [0.1, 0.15) is 24.1 Å². The van der Waals surface area contributed by atoms with E-state index in [0.717, 1.165) is 46.0 Å². The molecule has 3 aliphatic heterocycles. The SMILES string of the molecule is O=c1c(F)cc2ncc(F)c3c2n1C[C@@]3(O)CN1CCC(NCc2cc3c(cn2)OCS3)CC1. The summed E-state index contributed by atoms with van der Waals surface area (Å²) in [6.07, 6.45) is 4.46. The Hall–Kier alpha value is -2.60. The Kier molecular flexibility index (Phi) is 5.32. The van der Waals surface area contributed by atoms with E-state index in [-0.39, 0.29) is 29.7 Å². The zero-order chi connectivity index (χ0) is 23.4. The third kappa shape index (κ3) is 3.67. The molecule has 2 N–H and O–H groups in total. The van der Waals surface area contributed by atoms with E-state index in [0.29, 0.717) is 31.6 Å². The highest BCUT2D eigenvalue weighted by Crippen LogP contribution is 2.38. The van der Waals surface area contributed by atoms with Crippen molar-refractivity contribution in [2.24, 2.45) is 0 Å². The minimum absolute atomic E-state index is 0.0272. The van der Waals surface area contributed by atoms with Crippen molar-refractivity contribution in [3.63, 3.8) is 0 Å². The lowest BCUT2D eigenvalue weighted by Gasteiger charge is -2.37. The van der Waals surface area contributed by atoms with Crippen LogP contribution in [0.5, 0.6) is 5.75 Å². The van der Waals surface area contributed by atoms with Gasteiger partial charge >= 0.3 is 0 Å². The molecule has 178 valence electrons. The molecule has 0 amide bonds. The fraction of sp³-hybridized carbons (Fsp3) is 0.435. The van der Waals surface area contributed by atoms with Crippen LogP contribution in [0.25, 0.3) is 11.0 Å². The summed E-state index contributed by atoms with van der Waals surface area (Å²) >= 11 is 1.66. The Morgan fingerprint density at radius 2 is 2.03 bits per heavy atom. The van der Waals surface area contributed by atoms with Gasteiger partial charge in [-0.15, -0.1) is 0 Å². The summed E-state index contributed by atoms with van der Waals surface area (Å²) in [7, 11) is 0. The zero-order valence-corrected chi connectivity index (χ0v) is 19.1. The van der Waals surface area contributed by atoms with Crippen molar-refractivity contribution >= 4 is 22.8 Å². The van der Waals surface area contributed by atoms with Gasteiger partial charge in [-0.1, -0.05) is 11.8 Å². The number of aliphatic hydroxyl groups is 1. The van der Waals surface area contributed by atoms with Crippen LogP contribution >= 0.6 is 11.8 Å². The fourth-order valence-electron chi connectivity index (χ4n) is 5.20. The average molecular weight is 488 g/mol. The van der Waals surface area contributed by atoms with Gasteiger partial charge in [-0.05, 0) is 32.0 Å². The van der Waals surface area contributed by atoms with Gasteiger partial charge in [-0.25, -0.2) is 8.78 Å². The third-order valence-electron chi connectivity index (χ3n) is 6.86. The van der Waals surface area contributed by atoms with Crippen LogP contribution in [0, 0.1) is 11.6 Å². The largest absolute Gasteiger partial charge is 0.480 e. The van der Waals surface area contributed by atoms with Crippen LogP contribution in [-0.2, 0) is 18.7 Å². The molecule has 1 saturated heterocycles. The van der Waals surface area contributed by atoms with Crippen molar-refractivity contribution < 1.29 is 18.6 Å². The molecule has 0 unspecified atom stereocenters. The van der Waals surface area contributed by atoms with Gasteiger partial charge < -0.3 is 19.7 Å². The van der Waals surface area contributed by atoms with Crippen molar-refractivity contribution in [1.82, 2.24) is 24.8 Å². The lowest BCUT2D eigenvalue weighted by Crippen LogP contribution is -2.48. The number of hydrogen-bond donors (Lipinski definition) is 2.